The van der Waals surface area contributed by atoms with E-state index in [0.29, 0.717) is 13.0 Å². The van der Waals surface area contributed by atoms with Crippen molar-refractivity contribution in [2.24, 2.45) is 5.73 Å². The van der Waals surface area contributed by atoms with Crippen LogP contribution in [0.5, 0.6) is 0 Å². The lowest BCUT2D eigenvalue weighted by atomic mass is 10.0. The third kappa shape index (κ3) is 54.1. The van der Waals surface area contributed by atoms with Crippen molar-refractivity contribution in [3.8, 4) is 0 Å². The van der Waals surface area contributed by atoms with Gasteiger partial charge in [0.1, 0.15) is 12.1 Å². The number of hydrogen-bond donors (Lipinski definition) is 3. The summed E-state index contributed by atoms with van der Waals surface area (Å²) in [6.07, 6.45) is 63.9. The molecule has 0 aromatic heterocycles. The molecule has 69 heavy (non-hydrogen) atoms. The molecule has 0 saturated heterocycles. The molecule has 0 aliphatic heterocycles. The second kappa shape index (κ2) is 54.2. The number of nitrogens with two attached hydrogens (primary N) is 1. The lowest BCUT2D eigenvalue weighted by molar-refractivity contribution is -0.154. The van der Waals surface area contributed by atoms with Gasteiger partial charge in [-0.05, 0) is 64.2 Å². The molecule has 0 aromatic carbocycles. The molecule has 0 radical (unpaired) electrons. The minimum atomic E-state index is -4.62. The van der Waals surface area contributed by atoms with Crippen LogP contribution >= 0.6 is 7.82 Å². The van der Waals surface area contributed by atoms with E-state index >= 15 is 0 Å². The van der Waals surface area contributed by atoms with E-state index in [4.69, 9.17) is 29.4 Å². The minimum Gasteiger partial charge on any atom is -0.480 e. The molecule has 0 aliphatic carbocycles. The number of carbonyl (C=O) groups excluding carboxylic acids is 1. The van der Waals surface area contributed by atoms with E-state index < -0.39 is 45.1 Å². The van der Waals surface area contributed by atoms with Gasteiger partial charge in [0, 0.05) is 13.0 Å². The van der Waals surface area contributed by atoms with E-state index in [1.165, 1.54) is 238 Å². The summed E-state index contributed by atoms with van der Waals surface area (Å²) in [5, 5.41) is 8.95. The summed E-state index contributed by atoms with van der Waals surface area (Å²) in [4.78, 5) is 33.8. The van der Waals surface area contributed by atoms with Crippen molar-refractivity contribution in [1.29, 1.82) is 0 Å². The average Bonchev–Trinajstić information content (AvgIpc) is 3.33. The van der Waals surface area contributed by atoms with Crippen molar-refractivity contribution in [3.05, 3.63) is 24.3 Å². The molecule has 0 rings (SSSR count). The normalized spacial score (nSPS) is 13.7. The van der Waals surface area contributed by atoms with Gasteiger partial charge in [0.25, 0.3) is 0 Å². The Morgan fingerprint density at radius 1 is 0.449 bits per heavy atom. The number of carboxylic acid groups (broad SMARTS) is 1. The second-order valence-corrected chi connectivity index (χ2v) is 21.6. The van der Waals surface area contributed by atoms with Crippen LogP contribution in [0.4, 0.5) is 0 Å². The Labute approximate surface area is 425 Å². The number of carbonyl (C=O) groups is 2. The van der Waals surface area contributed by atoms with Gasteiger partial charge in [0.2, 0.25) is 0 Å². The Bertz CT molecular complexity index is 1200. The maximum Gasteiger partial charge on any atom is 0.472 e. The highest BCUT2D eigenvalue weighted by Gasteiger charge is 2.27. The molecular formula is C58H112NO9P. The molecule has 0 fully saturated rings. The molecule has 0 aliphatic rings. The highest BCUT2D eigenvalue weighted by atomic mass is 31.2. The van der Waals surface area contributed by atoms with Gasteiger partial charge < -0.3 is 25.2 Å². The molecule has 11 heteroatoms. The molecule has 4 N–H and O–H groups in total. The van der Waals surface area contributed by atoms with Crippen LogP contribution in [0.2, 0.25) is 0 Å². The second-order valence-electron chi connectivity index (χ2n) is 20.1. The van der Waals surface area contributed by atoms with E-state index in [2.05, 4.69) is 38.2 Å². The fraction of sp³-hybridized carbons (Fsp3) is 0.897. The van der Waals surface area contributed by atoms with Crippen LogP contribution in [0, 0.1) is 0 Å². The highest BCUT2D eigenvalue weighted by Crippen LogP contribution is 2.43. The molecule has 408 valence electrons. The Kier molecular flexibility index (Phi) is 53.0. The van der Waals surface area contributed by atoms with Crippen LogP contribution in [-0.4, -0.2) is 60.5 Å². The van der Waals surface area contributed by atoms with Crippen LogP contribution in [0.1, 0.15) is 296 Å². The molecule has 0 saturated carbocycles. The Balaban J connectivity index is 4.03. The predicted octanol–water partition coefficient (Wildman–Crippen LogP) is 17.8. The number of carboxylic acids is 1. The Morgan fingerprint density at radius 2 is 0.754 bits per heavy atom. The van der Waals surface area contributed by atoms with Crippen molar-refractivity contribution in [1.82, 2.24) is 0 Å². The molecule has 0 amide bonds. The Morgan fingerprint density at radius 3 is 1.10 bits per heavy atom. The summed E-state index contributed by atoms with van der Waals surface area (Å²) >= 11 is 0. The van der Waals surface area contributed by atoms with Crippen molar-refractivity contribution in [2.45, 2.75) is 309 Å². The number of phosphoric acid groups is 1. The van der Waals surface area contributed by atoms with E-state index in [-0.39, 0.29) is 13.0 Å². The zero-order valence-electron chi connectivity index (χ0n) is 45.2. The van der Waals surface area contributed by atoms with E-state index in [9.17, 15) is 19.0 Å². The molecule has 0 spiro atoms. The first kappa shape index (κ1) is 67.5. The lowest BCUT2D eigenvalue weighted by Gasteiger charge is -2.20. The number of esters is 1. The maximum absolute atomic E-state index is 12.7. The van der Waals surface area contributed by atoms with Crippen molar-refractivity contribution in [2.75, 3.05) is 26.4 Å². The molecule has 3 atom stereocenters. The number of unbranched alkanes of at least 4 members (excludes halogenated alkanes) is 39. The molecule has 0 bridgehead atoms. The largest absolute Gasteiger partial charge is 0.480 e. The molecule has 10 nitrogen and oxygen atoms in total. The van der Waals surface area contributed by atoms with Crippen molar-refractivity contribution < 1.29 is 42.7 Å². The Hall–Kier alpha value is -1.55. The van der Waals surface area contributed by atoms with Crippen LogP contribution in [0.25, 0.3) is 0 Å². The monoisotopic (exact) mass is 998 g/mol. The number of rotatable bonds is 57. The summed E-state index contributed by atoms with van der Waals surface area (Å²) in [6.45, 7) is 3.95. The summed E-state index contributed by atoms with van der Waals surface area (Å²) in [6, 6.07) is -1.47. The van der Waals surface area contributed by atoms with Crippen LogP contribution in [0.3, 0.4) is 0 Å². The number of hydrogen-bond acceptors (Lipinski definition) is 8. The minimum absolute atomic E-state index is 0.0207. The molecular weight excluding hydrogens is 886 g/mol. The van der Waals surface area contributed by atoms with Gasteiger partial charge in [-0.15, -0.1) is 0 Å². The summed E-state index contributed by atoms with van der Waals surface area (Å²) in [5.74, 6) is -1.77. The summed E-state index contributed by atoms with van der Waals surface area (Å²) in [7, 11) is -4.62. The zero-order valence-corrected chi connectivity index (χ0v) is 46.1. The fourth-order valence-corrected chi connectivity index (χ4v) is 9.43. The summed E-state index contributed by atoms with van der Waals surface area (Å²) < 4.78 is 33.6. The fourth-order valence-electron chi connectivity index (χ4n) is 8.66. The average molecular weight is 999 g/mol. The van der Waals surface area contributed by atoms with Gasteiger partial charge in [-0.25, -0.2) is 4.57 Å². The van der Waals surface area contributed by atoms with Gasteiger partial charge in [0.15, 0.2) is 0 Å². The van der Waals surface area contributed by atoms with Gasteiger partial charge in [-0.1, -0.05) is 250 Å². The topological polar surface area (TPSA) is 155 Å². The third-order valence-corrected chi connectivity index (χ3v) is 14.2. The molecule has 0 heterocycles. The van der Waals surface area contributed by atoms with Gasteiger partial charge in [-0.2, -0.15) is 0 Å². The smallest absolute Gasteiger partial charge is 0.472 e. The standard InChI is InChI=1S/C58H112NO9P/c1-3-5-7-9-11-13-15-17-19-21-23-25-27-29-31-33-35-37-39-41-43-45-47-49-51-65-52-55(53-66-69(63,64)67-54-56(59)58(61)62)68-57(60)50-48-46-44-42-40-38-36-34-32-30-28-26-24-22-20-18-16-14-12-10-8-6-4-2/h21-24,55-56H,3-20,25-54,59H2,1-2H3,(H,61,62)(H,63,64)/b23-21-,24-22-. The number of phosphoric ester groups is 1. The molecule has 0 aromatic rings. The lowest BCUT2D eigenvalue weighted by Crippen LogP contribution is -2.34. The SMILES string of the molecule is CCCCCCCCCC/C=C\CCCCCCCCCCCCCCOCC(COP(=O)(O)OCC(N)C(=O)O)OC(=O)CCCCCCCCCCCCC/C=C\CCCCCCCCCC. The summed E-state index contributed by atoms with van der Waals surface area (Å²) in [5.41, 5.74) is 5.39. The maximum atomic E-state index is 12.7. The van der Waals surface area contributed by atoms with Crippen molar-refractivity contribution in [3.63, 3.8) is 0 Å². The number of aliphatic carboxylic acids is 1. The highest BCUT2D eigenvalue weighted by molar-refractivity contribution is 7.47. The first-order valence-electron chi connectivity index (χ1n) is 29.4. The van der Waals surface area contributed by atoms with Gasteiger partial charge in [0.05, 0.1) is 19.8 Å². The number of allylic oxidation sites excluding steroid dienone is 4. The molecule has 3 unspecified atom stereocenters. The zero-order chi connectivity index (χ0) is 50.4. The first-order chi connectivity index (χ1) is 33.7. The van der Waals surface area contributed by atoms with Gasteiger partial charge >= 0.3 is 19.8 Å². The van der Waals surface area contributed by atoms with Crippen LogP contribution in [0.15, 0.2) is 24.3 Å². The first-order valence-corrected chi connectivity index (χ1v) is 30.9. The quantitative estimate of drug-likeness (QED) is 0.0232. The van der Waals surface area contributed by atoms with Gasteiger partial charge in [-0.3, -0.25) is 18.6 Å². The van der Waals surface area contributed by atoms with E-state index in [1.54, 1.807) is 0 Å². The van der Waals surface area contributed by atoms with E-state index in [0.717, 1.165) is 32.1 Å². The third-order valence-electron chi connectivity index (χ3n) is 13.2. The number of ether oxygens (including phenoxy) is 2. The van der Waals surface area contributed by atoms with Crippen LogP contribution in [-0.2, 0) is 32.7 Å². The van der Waals surface area contributed by atoms with Crippen LogP contribution < -0.4 is 5.73 Å². The predicted molar refractivity (Wildman–Crippen MR) is 291 cm³/mol. The van der Waals surface area contributed by atoms with Crippen molar-refractivity contribution >= 4 is 19.8 Å². The van der Waals surface area contributed by atoms with E-state index in [1.807, 2.05) is 0 Å².